The van der Waals surface area contributed by atoms with Crippen molar-refractivity contribution in [1.82, 2.24) is 5.12 Å². The first-order valence-corrected chi connectivity index (χ1v) is 3.52. The van der Waals surface area contributed by atoms with Gasteiger partial charge in [0.25, 0.3) is 0 Å². The van der Waals surface area contributed by atoms with Gasteiger partial charge in [-0.1, -0.05) is 20.4 Å². The van der Waals surface area contributed by atoms with Crippen LogP contribution in [0.5, 0.6) is 0 Å². The van der Waals surface area contributed by atoms with Crippen LogP contribution in [0.15, 0.2) is 23.8 Å². The minimum Gasteiger partial charge on any atom is -0.222 e. The summed E-state index contributed by atoms with van der Waals surface area (Å²) in [7, 11) is 1.28. The molecule has 0 aliphatic heterocycles. The minimum atomic E-state index is 0.432. The molecule has 0 saturated carbocycles. The van der Waals surface area contributed by atoms with E-state index in [1.54, 1.807) is 0 Å². The van der Waals surface area contributed by atoms with Crippen LogP contribution < -0.4 is 0 Å². The molecule has 10 heavy (non-hydrogen) atoms. The number of rotatable bonds is 2. The fourth-order valence-corrected chi connectivity index (χ4v) is 0.255. The third-order valence-electron chi connectivity index (χ3n) is 0.472. The van der Waals surface area contributed by atoms with E-state index >= 15 is 0 Å². The first-order chi connectivity index (χ1) is 4.63. The van der Waals surface area contributed by atoms with E-state index in [9.17, 15) is 4.48 Å². The first-order valence-electron chi connectivity index (χ1n) is 3.07. The highest BCUT2D eigenvalue weighted by Crippen LogP contribution is 1.97. The molecule has 0 atom stereocenters. The number of hydrogen-bond acceptors (Lipinski definition) is 2. The van der Waals surface area contributed by atoms with E-state index in [0.717, 1.165) is 0 Å². The molecule has 0 amide bonds. The van der Waals surface area contributed by atoms with Crippen molar-refractivity contribution in [3.63, 3.8) is 0 Å². The van der Waals surface area contributed by atoms with Crippen LogP contribution in [0.4, 0.5) is 4.48 Å². The second-order valence-electron chi connectivity index (χ2n) is 1.33. The lowest BCUT2D eigenvalue weighted by molar-refractivity contribution is 0.128. The summed E-state index contributed by atoms with van der Waals surface area (Å²) in [5, 5.41) is 0.432. The van der Waals surface area contributed by atoms with Gasteiger partial charge in [0.2, 0.25) is 0 Å². The molecule has 0 aromatic carbocycles. The summed E-state index contributed by atoms with van der Waals surface area (Å²) in [5.41, 5.74) is 0. The van der Waals surface area contributed by atoms with Crippen LogP contribution in [0.2, 0.25) is 0 Å². The zero-order valence-electron chi connectivity index (χ0n) is 6.63. The summed E-state index contributed by atoms with van der Waals surface area (Å²) in [5.74, 6) is 0. The van der Waals surface area contributed by atoms with Gasteiger partial charge in [-0.25, -0.2) is 5.12 Å². The van der Waals surface area contributed by atoms with Crippen LogP contribution >= 0.6 is 12.6 Å². The topological polar surface area (TPSA) is 3.24 Å². The molecular formula is C7H14FNS. The van der Waals surface area contributed by atoms with Crippen molar-refractivity contribution < 1.29 is 4.48 Å². The zero-order valence-corrected chi connectivity index (χ0v) is 7.53. The Hall–Kier alpha value is -0.440. The lowest BCUT2D eigenvalue weighted by Crippen LogP contribution is -1.92. The number of allylic oxidation sites excluding steroid dienone is 1. The van der Waals surface area contributed by atoms with Gasteiger partial charge in [-0.05, 0) is 11.0 Å². The first kappa shape index (κ1) is 12.3. The fourth-order valence-electron chi connectivity index (χ4n) is 0.189. The molecule has 0 aromatic heterocycles. The summed E-state index contributed by atoms with van der Waals surface area (Å²) >= 11 is 3.80. The van der Waals surface area contributed by atoms with E-state index in [4.69, 9.17) is 0 Å². The maximum absolute atomic E-state index is 11.7. The summed E-state index contributed by atoms with van der Waals surface area (Å²) in [6.45, 7) is 7.41. The highest BCUT2D eigenvalue weighted by Gasteiger charge is 1.78. The van der Waals surface area contributed by atoms with E-state index < -0.39 is 0 Å². The van der Waals surface area contributed by atoms with Crippen molar-refractivity contribution in [3.05, 3.63) is 23.8 Å². The Morgan fingerprint density at radius 2 is 2.00 bits per heavy atom. The largest absolute Gasteiger partial charge is 0.222 e. The van der Waals surface area contributed by atoms with Gasteiger partial charge in [0.15, 0.2) is 0 Å². The zero-order chi connectivity index (χ0) is 8.57. The molecule has 0 bridgehead atoms. The van der Waals surface area contributed by atoms with E-state index in [0.29, 0.717) is 10.0 Å². The molecule has 0 heterocycles. The third-order valence-corrected chi connectivity index (χ3v) is 0.621. The van der Waals surface area contributed by atoms with Crippen LogP contribution in [-0.2, 0) is 0 Å². The Balaban J connectivity index is 0. The van der Waals surface area contributed by atoms with Crippen molar-refractivity contribution in [2.75, 3.05) is 7.05 Å². The fraction of sp³-hybridized carbons (Fsp3) is 0.429. The quantitative estimate of drug-likeness (QED) is 0.372. The van der Waals surface area contributed by atoms with Gasteiger partial charge < -0.3 is 0 Å². The van der Waals surface area contributed by atoms with Gasteiger partial charge >= 0.3 is 0 Å². The predicted molar refractivity (Wildman–Crippen MR) is 47.5 cm³/mol. The molecule has 0 saturated heterocycles. The molecule has 0 aliphatic carbocycles. The Morgan fingerprint density at radius 1 is 1.60 bits per heavy atom. The Bertz CT molecular complexity index is 110. The summed E-state index contributed by atoms with van der Waals surface area (Å²) in [4.78, 5) is 0.537. The molecule has 60 valence electrons. The lowest BCUT2D eigenvalue weighted by atomic mass is 10.6. The maximum atomic E-state index is 11.7. The maximum Gasteiger partial charge on any atom is 0.0387 e. The molecule has 0 aromatic rings. The van der Waals surface area contributed by atoms with E-state index in [1.807, 2.05) is 13.8 Å². The van der Waals surface area contributed by atoms with Gasteiger partial charge in [-0.3, -0.25) is 0 Å². The molecule has 0 spiro atoms. The SMILES string of the molecule is C=C(S)/C=C/N(C)F.CC. The highest BCUT2D eigenvalue weighted by atomic mass is 32.1. The van der Waals surface area contributed by atoms with Crippen LogP contribution in [0.1, 0.15) is 13.8 Å². The smallest absolute Gasteiger partial charge is 0.0387 e. The van der Waals surface area contributed by atoms with E-state index in [2.05, 4.69) is 19.2 Å². The highest BCUT2D eigenvalue weighted by molar-refractivity contribution is 7.84. The van der Waals surface area contributed by atoms with Crippen LogP contribution in [-0.4, -0.2) is 12.2 Å². The molecule has 0 N–H and O–H groups in total. The van der Waals surface area contributed by atoms with Crippen molar-refractivity contribution in [2.45, 2.75) is 13.8 Å². The van der Waals surface area contributed by atoms with Gasteiger partial charge in [-0.15, -0.1) is 17.1 Å². The van der Waals surface area contributed by atoms with Crippen molar-refractivity contribution in [2.24, 2.45) is 0 Å². The van der Waals surface area contributed by atoms with Crippen LogP contribution in [0.3, 0.4) is 0 Å². The second kappa shape index (κ2) is 8.56. The van der Waals surface area contributed by atoms with E-state index in [1.165, 1.54) is 19.3 Å². The monoisotopic (exact) mass is 163 g/mol. The number of nitrogens with zero attached hydrogens (tertiary/aromatic N) is 1. The average molecular weight is 163 g/mol. The second-order valence-corrected chi connectivity index (χ2v) is 1.91. The minimum absolute atomic E-state index is 0.432. The molecule has 0 rings (SSSR count). The summed E-state index contributed by atoms with van der Waals surface area (Å²) < 4.78 is 11.7. The molecule has 0 unspecified atom stereocenters. The summed E-state index contributed by atoms with van der Waals surface area (Å²) in [6.07, 6.45) is 2.69. The van der Waals surface area contributed by atoms with Crippen molar-refractivity contribution in [1.29, 1.82) is 0 Å². The number of thiol groups is 1. The normalized spacial score (nSPS) is 8.50. The van der Waals surface area contributed by atoms with Gasteiger partial charge in [0, 0.05) is 13.2 Å². The van der Waals surface area contributed by atoms with Crippen LogP contribution in [0, 0.1) is 0 Å². The van der Waals surface area contributed by atoms with E-state index in [-0.39, 0.29) is 0 Å². The third kappa shape index (κ3) is 15.6. The number of halogens is 1. The standard InChI is InChI=1S/C5H8FNS.C2H6/c1-5(8)3-4-7(2)6;1-2/h3-4,8H,1H2,2H3;1-2H3/b4-3+;. The molecule has 0 aliphatic rings. The van der Waals surface area contributed by atoms with Crippen molar-refractivity contribution in [3.8, 4) is 0 Å². The van der Waals surface area contributed by atoms with Gasteiger partial charge in [0.1, 0.15) is 0 Å². The molecule has 3 heteroatoms. The molecule has 0 radical (unpaired) electrons. The van der Waals surface area contributed by atoms with Gasteiger partial charge in [0.05, 0.1) is 0 Å². The Kier molecular flexibility index (Phi) is 10.5. The predicted octanol–water partition coefficient (Wildman–Crippen LogP) is 2.79. The summed E-state index contributed by atoms with van der Waals surface area (Å²) in [6, 6.07) is 0. The van der Waals surface area contributed by atoms with Gasteiger partial charge in [-0.2, -0.15) is 0 Å². The Morgan fingerprint density at radius 3 is 2.10 bits per heavy atom. The van der Waals surface area contributed by atoms with Crippen LogP contribution in [0.25, 0.3) is 0 Å². The average Bonchev–Trinajstić information content (AvgIpc) is 1.89. The lowest BCUT2D eigenvalue weighted by Gasteiger charge is -1.94. The molecule has 1 nitrogen and oxygen atoms in total. The Labute approximate surface area is 67.6 Å². The van der Waals surface area contributed by atoms with Crippen molar-refractivity contribution >= 4 is 12.6 Å². The number of hydrogen-bond donors (Lipinski definition) is 1. The molecular weight excluding hydrogens is 149 g/mol. The molecule has 0 fully saturated rings.